The second kappa shape index (κ2) is 5.22. The molecule has 6 heteroatoms. The summed E-state index contributed by atoms with van der Waals surface area (Å²) in [5.74, 6) is 1.63. The molecule has 0 amide bonds. The van der Waals surface area contributed by atoms with Crippen molar-refractivity contribution < 1.29 is 9.47 Å². The maximum absolute atomic E-state index is 5.69. The Balaban J connectivity index is 2.27. The highest BCUT2D eigenvalue weighted by Crippen LogP contribution is 2.34. The molecule has 1 aliphatic rings. The first-order valence-corrected chi connectivity index (χ1v) is 5.97. The third kappa shape index (κ3) is 2.70. The molecule has 1 heterocycles. The molecule has 1 aromatic rings. The van der Waals surface area contributed by atoms with Gasteiger partial charge in [0.15, 0.2) is 5.11 Å². The lowest BCUT2D eigenvalue weighted by Gasteiger charge is -2.07. The van der Waals surface area contributed by atoms with Crippen LogP contribution in [0.5, 0.6) is 11.5 Å². The summed E-state index contributed by atoms with van der Waals surface area (Å²) in [7, 11) is 1.62. The van der Waals surface area contributed by atoms with E-state index in [1.807, 2.05) is 19.1 Å². The molecule has 0 saturated carbocycles. The molecule has 5 nitrogen and oxygen atoms in total. The number of rotatable bonds is 3. The molecular weight excluding hydrogens is 250 g/mol. The van der Waals surface area contributed by atoms with Crippen LogP contribution in [0.4, 0.5) is 0 Å². The standard InChI is InChI=1S/C12H15N3O2S/c1-7-3-8-4-10(16-2)9(5-11(8)17-7)6-14-15-12(13)18/h4-7H,3H2,1-2H3,(H3,13,15,18)/b14-6-/t7-/m1/s1. The first kappa shape index (κ1) is 12.6. The fourth-order valence-electron chi connectivity index (χ4n) is 1.90. The SMILES string of the molecule is COc1cc2c(cc1/C=N\NC(N)=S)O[C@H](C)C2. The Labute approximate surface area is 111 Å². The summed E-state index contributed by atoms with van der Waals surface area (Å²) in [4.78, 5) is 0. The van der Waals surface area contributed by atoms with E-state index in [1.165, 1.54) is 0 Å². The summed E-state index contributed by atoms with van der Waals surface area (Å²) in [6, 6.07) is 3.88. The fourth-order valence-corrected chi connectivity index (χ4v) is 1.95. The van der Waals surface area contributed by atoms with Gasteiger partial charge in [-0.05, 0) is 31.3 Å². The molecule has 0 bridgehead atoms. The van der Waals surface area contributed by atoms with Crippen LogP contribution in [0.3, 0.4) is 0 Å². The Kier molecular flexibility index (Phi) is 3.66. The maximum Gasteiger partial charge on any atom is 0.184 e. The third-order valence-corrected chi connectivity index (χ3v) is 2.72. The summed E-state index contributed by atoms with van der Waals surface area (Å²) < 4.78 is 11.0. The number of benzene rings is 1. The Morgan fingerprint density at radius 3 is 3.11 bits per heavy atom. The van der Waals surface area contributed by atoms with Crippen LogP contribution in [0.15, 0.2) is 17.2 Å². The predicted octanol–water partition coefficient (Wildman–Crippen LogP) is 1.19. The lowest BCUT2D eigenvalue weighted by atomic mass is 10.1. The van der Waals surface area contributed by atoms with Gasteiger partial charge in [0.2, 0.25) is 0 Å². The Morgan fingerprint density at radius 2 is 2.44 bits per heavy atom. The first-order chi connectivity index (χ1) is 8.60. The van der Waals surface area contributed by atoms with Crippen molar-refractivity contribution in [2.24, 2.45) is 10.8 Å². The van der Waals surface area contributed by atoms with Crippen LogP contribution in [0.1, 0.15) is 18.1 Å². The molecule has 1 atom stereocenters. The van der Waals surface area contributed by atoms with Crippen LogP contribution in [-0.2, 0) is 6.42 Å². The van der Waals surface area contributed by atoms with Gasteiger partial charge in [0.1, 0.15) is 17.6 Å². The van der Waals surface area contributed by atoms with Gasteiger partial charge in [-0.2, -0.15) is 5.10 Å². The number of hydrazone groups is 1. The Morgan fingerprint density at radius 1 is 1.67 bits per heavy atom. The van der Waals surface area contributed by atoms with Gasteiger partial charge in [0.25, 0.3) is 0 Å². The number of methoxy groups -OCH3 is 1. The van der Waals surface area contributed by atoms with Gasteiger partial charge < -0.3 is 15.2 Å². The normalized spacial score (nSPS) is 17.3. The molecule has 0 saturated heterocycles. The quantitative estimate of drug-likeness (QED) is 0.488. The van der Waals surface area contributed by atoms with Crippen LogP contribution in [0.2, 0.25) is 0 Å². The van der Waals surface area contributed by atoms with Gasteiger partial charge in [0, 0.05) is 17.5 Å². The van der Waals surface area contributed by atoms with Crippen molar-refractivity contribution in [2.75, 3.05) is 7.11 Å². The van der Waals surface area contributed by atoms with Crippen LogP contribution in [-0.4, -0.2) is 24.5 Å². The fraction of sp³-hybridized carbons (Fsp3) is 0.333. The van der Waals surface area contributed by atoms with E-state index in [1.54, 1.807) is 13.3 Å². The van der Waals surface area contributed by atoms with E-state index in [4.69, 9.17) is 15.2 Å². The van der Waals surface area contributed by atoms with Crippen molar-refractivity contribution in [2.45, 2.75) is 19.4 Å². The number of hydrogen-bond donors (Lipinski definition) is 2. The van der Waals surface area contributed by atoms with E-state index in [0.29, 0.717) is 0 Å². The predicted molar refractivity (Wildman–Crippen MR) is 74.3 cm³/mol. The second-order valence-electron chi connectivity index (χ2n) is 4.07. The largest absolute Gasteiger partial charge is 0.496 e. The van der Waals surface area contributed by atoms with E-state index in [-0.39, 0.29) is 11.2 Å². The van der Waals surface area contributed by atoms with E-state index in [9.17, 15) is 0 Å². The van der Waals surface area contributed by atoms with Crippen LogP contribution < -0.4 is 20.6 Å². The van der Waals surface area contributed by atoms with Gasteiger partial charge >= 0.3 is 0 Å². The van der Waals surface area contributed by atoms with Gasteiger partial charge in [-0.3, -0.25) is 5.43 Å². The maximum atomic E-state index is 5.69. The molecule has 1 aromatic carbocycles. The number of ether oxygens (including phenoxy) is 2. The van der Waals surface area contributed by atoms with E-state index in [0.717, 1.165) is 29.0 Å². The van der Waals surface area contributed by atoms with Gasteiger partial charge in [-0.1, -0.05) is 0 Å². The van der Waals surface area contributed by atoms with Crippen molar-refractivity contribution in [3.63, 3.8) is 0 Å². The second-order valence-corrected chi connectivity index (χ2v) is 4.51. The van der Waals surface area contributed by atoms with Crippen LogP contribution in [0.25, 0.3) is 0 Å². The molecule has 0 fully saturated rings. The average Bonchev–Trinajstić information content (AvgIpc) is 2.66. The molecule has 2 rings (SSSR count). The summed E-state index contributed by atoms with van der Waals surface area (Å²) in [5, 5.41) is 4.04. The van der Waals surface area contributed by atoms with Crippen molar-refractivity contribution in [1.82, 2.24) is 5.43 Å². The highest BCUT2D eigenvalue weighted by molar-refractivity contribution is 7.80. The van der Waals surface area contributed by atoms with Gasteiger partial charge in [-0.15, -0.1) is 0 Å². The minimum Gasteiger partial charge on any atom is -0.496 e. The van der Waals surface area contributed by atoms with Crippen molar-refractivity contribution in [3.05, 3.63) is 23.3 Å². The highest BCUT2D eigenvalue weighted by Gasteiger charge is 2.21. The van der Waals surface area contributed by atoms with Crippen molar-refractivity contribution in [3.8, 4) is 11.5 Å². The van der Waals surface area contributed by atoms with Gasteiger partial charge in [0.05, 0.1) is 13.3 Å². The zero-order valence-corrected chi connectivity index (χ0v) is 11.1. The van der Waals surface area contributed by atoms with E-state index < -0.39 is 0 Å². The monoisotopic (exact) mass is 265 g/mol. The molecule has 3 N–H and O–H groups in total. The topological polar surface area (TPSA) is 68.9 Å². The number of thiocarbonyl (C=S) groups is 1. The molecule has 18 heavy (non-hydrogen) atoms. The molecule has 1 aliphatic heterocycles. The number of nitrogens with one attached hydrogen (secondary N) is 1. The first-order valence-electron chi connectivity index (χ1n) is 5.56. The number of hydrogen-bond acceptors (Lipinski definition) is 4. The lowest BCUT2D eigenvalue weighted by Crippen LogP contribution is -2.24. The summed E-state index contributed by atoms with van der Waals surface area (Å²) in [6.07, 6.45) is 2.70. The smallest absolute Gasteiger partial charge is 0.184 e. The van der Waals surface area contributed by atoms with Crippen LogP contribution in [0, 0.1) is 0 Å². The van der Waals surface area contributed by atoms with E-state index in [2.05, 4.69) is 22.7 Å². The van der Waals surface area contributed by atoms with Crippen LogP contribution >= 0.6 is 12.2 Å². The summed E-state index contributed by atoms with van der Waals surface area (Å²) in [6.45, 7) is 2.04. The molecule has 0 unspecified atom stereocenters. The van der Waals surface area contributed by atoms with Gasteiger partial charge in [-0.25, -0.2) is 0 Å². The lowest BCUT2D eigenvalue weighted by molar-refractivity contribution is 0.254. The molecule has 0 aliphatic carbocycles. The molecule has 96 valence electrons. The van der Waals surface area contributed by atoms with Crippen molar-refractivity contribution >= 4 is 23.5 Å². The Bertz CT molecular complexity index is 502. The summed E-state index contributed by atoms with van der Waals surface area (Å²) >= 11 is 4.66. The molecule has 0 radical (unpaired) electrons. The highest BCUT2D eigenvalue weighted by atomic mass is 32.1. The third-order valence-electron chi connectivity index (χ3n) is 2.63. The van der Waals surface area contributed by atoms with E-state index >= 15 is 0 Å². The van der Waals surface area contributed by atoms with Crippen molar-refractivity contribution in [1.29, 1.82) is 0 Å². The zero-order valence-electron chi connectivity index (χ0n) is 10.3. The molecular formula is C12H15N3O2S. The zero-order chi connectivity index (χ0) is 13.1. The minimum atomic E-state index is 0.122. The summed E-state index contributed by atoms with van der Waals surface area (Å²) in [5.41, 5.74) is 9.76. The number of fused-ring (bicyclic) bond motifs is 1. The number of nitrogens with zero attached hydrogens (tertiary/aromatic N) is 1. The molecule has 0 aromatic heterocycles. The molecule has 0 spiro atoms. The average molecular weight is 265 g/mol. The Hall–Kier alpha value is -1.82. The minimum absolute atomic E-state index is 0.122. The number of nitrogens with two attached hydrogens (primary N) is 1.